The van der Waals surface area contributed by atoms with E-state index >= 15 is 0 Å². The number of carbonyl (C=O) groups is 1. The molecule has 0 aromatic heterocycles. The number of hydrogen-bond acceptors (Lipinski definition) is 6. The van der Waals surface area contributed by atoms with Crippen LogP contribution in [0.4, 0.5) is 0 Å². The van der Waals surface area contributed by atoms with Crippen LogP contribution in [0.2, 0.25) is 0 Å². The highest BCUT2D eigenvalue weighted by atomic mass is 79.9. The smallest absolute Gasteiger partial charge is 0.255 e. The van der Waals surface area contributed by atoms with Gasteiger partial charge in [-0.05, 0) is 60.0 Å². The molecule has 0 aliphatic heterocycles. The lowest BCUT2D eigenvalue weighted by Gasteiger charge is -2.21. The van der Waals surface area contributed by atoms with E-state index in [4.69, 9.17) is 4.74 Å². The second-order valence-corrected chi connectivity index (χ2v) is 10.1. The third-order valence-electron chi connectivity index (χ3n) is 4.87. The summed E-state index contributed by atoms with van der Waals surface area (Å²) in [5.41, 5.74) is 3.90. The summed E-state index contributed by atoms with van der Waals surface area (Å²) in [6.07, 6.45) is 1.82. The number of aromatic hydroxyl groups is 1. The summed E-state index contributed by atoms with van der Waals surface area (Å²) in [6, 6.07) is 20.3. The lowest BCUT2D eigenvalue weighted by molar-refractivity contribution is -0.121. The molecule has 0 atom stereocenters. The minimum atomic E-state index is -3.92. The van der Waals surface area contributed by atoms with Gasteiger partial charge in [-0.1, -0.05) is 46.3 Å². The lowest BCUT2D eigenvalue weighted by atomic mass is 10.1. The summed E-state index contributed by atoms with van der Waals surface area (Å²) < 4.78 is 33.4. The molecule has 0 aliphatic carbocycles. The SMILES string of the molecule is COc1cc(/C=N\NC(=O)CN(CCc2ccccc2)S(=O)(=O)c2ccc(Br)cc2)ccc1O. The number of nitrogens with zero attached hydrogens (tertiary/aromatic N) is 2. The van der Waals surface area contributed by atoms with Gasteiger partial charge in [0.25, 0.3) is 5.91 Å². The van der Waals surface area contributed by atoms with Crippen LogP contribution in [0.5, 0.6) is 11.5 Å². The van der Waals surface area contributed by atoms with Crippen molar-refractivity contribution in [2.24, 2.45) is 5.10 Å². The fraction of sp³-hybridized carbons (Fsp3) is 0.167. The van der Waals surface area contributed by atoms with E-state index in [-0.39, 0.29) is 22.9 Å². The number of benzene rings is 3. The molecule has 0 saturated heterocycles. The van der Waals surface area contributed by atoms with Gasteiger partial charge in [-0.3, -0.25) is 4.79 Å². The Hall–Kier alpha value is -3.21. The average Bonchev–Trinajstić information content (AvgIpc) is 2.83. The molecule has 3 rings (SSSR count). The molecule has 0 fully saturated rings. The largest absolute Gasteiger partial charge is 0.504 e. The highest BCUT2D eigenvalue weighted by molar-refractivity contribution is 9.10. The monoisotopic (exact) mass is 545 g/mol. The van der Waals surface area contributed by atoms with Gasteiger partial charge < -0.3 is 9.84 Å². The average molecular weight is 546 g/mol. The molecule has 178 valence electrons. The number of phenols is 1. The number of hydrogen-bond donors (Lipinski definition) is 2. The van der Waals surface area contributed by atoms with Crippen molar-refractivity contribution in [3.63, 3.8) is 0 Å². The molecule has 2 N–H and O–H groups in total. The lowest BCUT2D eigenvalue weighted by Crippen LogP contribution is -2.40. The van der Waals surface area contributed by atoms with Crippen molar-refractivity contribution in [1.29, 1.82) is 0 Å². The van der Waals surface area contributed by atoms with E-state index < -0.39 is 22.5 Å². The Kier molecular flexibility index (Phi) is 8.80. The number of ether oxygens (including phenoxy) is 1. The van der Waals surface area contributed by atoms with Gasteiger partial charge in [-0.2, -0.15) is 9.41 Å². The summed E-state index contributed by atoms with van der Waals surface area (Å²) in [5, 5.41) is 13.6. The Balaban J connectivity index is 1.73. The van der Waals surface area contributed by atoms with Gasteiger partial charge in [0.15, 0.2) is 11.5 Å². The molecule has 0 aliphatic rings. The van der Waals surface area contributed by atoms with E-state index in [1.54, 1.807) is 24.3 Å². The van der Waals surface area contributed by atoms with Crippen LogP contribution in [0.3, 0.4) is 0 Å². The van der Waals surface area contributed by atoms with Gasteiger partial charge in [-0.25, -0.2) is 13.8 Å². The number of phenolic OH excluding ortho intramolecular Hbond substituents is 1. The van der Waals surface area contributed by atoms with Crippen molar-refractivity contribution in [1.82, 2.24) is 9.73 Å². The molecule has 0 spiro atoms. The minimum Gasteiger partial charge on any atom is -0.504 e. The normalized spacial score (nSPS) is 11.6. The molecular weight excluding hydrogens is 522 g/mol. The zero-order chi connectivity index (χ0) is 24.6. The molecular formula is C24H24BrN3O5S. The third-order valence-corrected chi connectivity index (χ3v) is 7.26. The topological polar surface area (TPSA) is 108 Å². The second-order valence-electron chi connectivity index (χ2n) is 7.25. The fourth-order valence-electron chi connectivity index (χ4n) is 3.09. The number of nitrogens with one attached hydrogen (secondary N) is 1. The second kappa shape index (κ2) is 11.8. The van der Waals surface area contributed by atoms with Gasteiger partial charge >= 0.3 is 0 Å². The molecule has 0 heterocycles. The molecule has 0 saturated carbocycles. The summed E-state index contributed by atoms with van der Waals surface area (Å²) >= 11 is 3.30. The van der Waals surface area contributed by atoms with E-state index in [1.165, 1.54) is 31.5 Å². The number of sulfonamides is 1. The first kappa shape index (κ1) is 25.4. The third kappa shape index (κ3) is 6.89. The van der Waals surface area contributed by atoms with Crippen LogP contribution < -0.4 is 10.2 Å². The van der Waals surface area contributed by atoms with E-state index in [0.717, 1.165) is 14.3 Å². The highest BCUT2D eigenvalue weighted by Crippen LogP contribution is 2.25. The van der Waals surface area contributed by atoms with Gasteiger partial charge in [0.1, 0.15) is 0 Å². The standard InChI is InChI=1S/C24H24BrN3O5S/c1-33-23-15-19(7-12-22(23)29)16-26-27-24(30)17-28(14-13-18-5-3-2-4-6-18)34(31,32)21-10-8-20(25)9-11-21/h2-12,15-16,29H,13-14,17H2,1H3,(H,27,30)/b26-16-. The molecule has 3 aromatic carbocycles. The Bertz CT molecular complexity index is 1250. The number of rotatable bonds is 10. The molecule has 0 bridgehead atoms. The summed E-state index contributed by atoms with van der Waals surface area (Å²) in [6.45, 7) is -0.282. The van der Waals surface area contributed by atoms with Crippen LogP contribution in [-0.4, -0.2) is 50.2 Å². The minimum absolute atomic E-state index is 0.0177. The van der Waals surface area contributed by atoms with Crippen molar-refractivity contribution in [2.45, 2.75) is 11.3 Å². The maximum absolute atomic E-state index is 13.3. The first-order chi connectivity index (χ1) is 16.3. The number of carbonyl (C=O) groups excluding carboxylic acids is 1. The van der Waals surface area contributed by atoms with E-state index in [2.05, 4.69) is 26.5 Å². The van der Waals surface area contributed by atoms with E-state index in [9.17, 15) is 18.3 Å². The van der Waals surface area contributed by atoms with Gasteiger partial charge in [0.2, 0.25) is 10.0 Å². The van der Waals surface area contributed by atoms with Gasteiger partial charge in [0, 0.05) is 11.0 Å². The van der Waals surface area contributed by atoms with Crippen molar-refractivity contribution in [2.75, 3.05) is 20.2 Å². The highest BCUT2D eigenvalue weighted by Gasteiger charge is 2.26. The van der Waals surface area contributed by atoms with Crippen LogP contribution in [0.15, 0.2) is 87.3 Å². The van der Waals surface area contributed by atoms with Crippen molar-refractivity contribution < 1.29 is 23.1 Å². The van der Waals surface area contributed by atoms with Crippen LogP contribution in [-0.2, 0) is 21.2 Å². The fourth-order valence-corrected chi connectivity index (χ4v) is 4.75. The first-order valence-electron chi connectivity index (χ1n) is 10.3. The zero-order valence-corrected chi connectivity index (χ0v) is 20.8. The van der Waals surface area contributed by atoms with Crippen LogP contribution in [0, 0.1) is 0 Å². The number of hydrazone groups is 1. The molecule has 1 amide bonds. The van der Waals surface area contributed by atoms with Crippen molar-refractivity contribution in [3.05, 3.63) is 88.4 Å². The Morgan fingerprint density at radius 1 is 1.12 bits per heavy atom. The molecule has 10 heteroatoms. The predicted molar refractivity (Wildman–Crippen MR) is 133 cm³/mol. The van der Waals surface area contributed by atoms with E-state index in [1.807, 2.05) is 30.3 Å². The molecule has 3 aromatic rings. The number of amides is 1. The Labute approximate surface area is 207 Å². The molecule has 8 nitrogen and oxygen atoms in total. The molecule has 0 unspecified atom stereocenters. The van der Waals surface area contributed by atoms with Crippen LogP contribution >= 0.6 is 15.9 Å². The van der Waals surface area contributed by atoms with E-state index in [0.29, 0.717) is 12.0 Å². The quantitative estimate of drug-likeness (QED) is 0.299. The maximum Gasteiger partial charge on any atom is 0.255 e. The predicted octanol–water partition coefficient (Wildman–Crippen LogP) is 3.55. The van der Waals surface area contributed by atoms with Gasteiger partial charge in [-0.15, -0.1) is 0 Å². The summed E-state index contributed by atoms with van der Waals surface area (Å²) in [5.74, 6) is -0.338. The van der Waals surface area contributed by atoms with Crippen molar-refractivity contribution >= 4 is 38.1 Å². The molecule has 34 heavy (non-hydrogen) atoms. The zero-order valence-electron chi connectivity index (χ0n) is 18.4. The number of halogens is 1. The first-order valence-corrected chi connectivity index (χ1v) is 12.5. The maximum atomic E-state index is 13.3. The Morgan fingerprint density at radius 2 is 1.82 bits per heavy atom. The summed E-state index contributed by atoms with van der Waals surface area (Å²) in [4.78, 5) is 12.7. The van der Waals surface area contributed by atoms with Crippen LogP contribution in [0.25, 0.3) is 0 Å². The van der Waals surface area contributed by atoms with Crippen LogP contribution in [0.1, 0.15) is 11.1 Å². The number of methoxy groups -OCH3 is 1. The summed E-state index contributed by atoms with van der Waals surface area (Å²) in [7, 11) is -2.49. The molecule has 0 radical (unpaired) electrons. The Morgan fingerprint density at radius 3 is 2.50 bits per heavy atom. The van der Waals surface area contributed by atoms with Gasteiger partial charge in [0.05, 0.1) is 24.8 Å². The van der Waals surface area contributed by atoms with Crippen molar-refractivity contribution in [3.8, 4) is 11.5 Å².